The molecule has 0 aromatic heterocycles. The lowest BCUT2D eigenvalue weighted by molar-refractivity contribution is -0.139. The van der Waals surface area contributed by atoms with Crippen LogP contribution in [-0.2, 0) is 4.79 Å². The monoisotopic (exact) mass is 201 g/mol. The lowest BCUT2D eigenvalue weighted by atomic mass is 9.84. The summed E-state index contributed by atoms with van der Waals surface area (Å²) in [6, 6.07) is 0. The van der Waals surface area contributed by atoms with Crippen molar-refractivity contribution < 1.29 is 4.79 Å². The quantitative estimate of drug-likeness (QED) is 0.595. The van der Waals surface area contributed by atoms with Crippen LogP contribution >= 0.6 is 11.6 Å². The van der Waals surface area contributed by atoms with Crippen molar-refractivity contribution in [2.75, 3.05) is 13.1 Å². The summed E-state index contributed by atoms with van der Waals surface area (Å²) in [5, 5.41) is 0.297. The first-order chi connectivity index (χ1) is 6.27. The highest BCUT2D eigenvalue weighted by molar-refractivity contribution is 6.20. The van der Waals surface area contributed by atoms with Crippen LogP contribution in [0.1, 0.15) is 32.1 Å². The highest BCUT2D eigenvalue weighted by atomic mass is 35.5. The van der Waals surface area contributed by atoms with Crippen molar-refractivity contribution in [3.05, 3.63) is 0 Å². The van der Waals surface area contributed by atoms with Gasteiger partial charge in [-0.2, -0.15) is 0 Å². The van der Waals surface area contributed by atoms with E-state index in [1.165, 1.54) is 6.42 Å². The van der Waals surface area contributed by atoms with Crippen LogP contribution < -0.4 is 0 Å². The zero-order valence-corrected chi connectivity index (χ0v) is 8.59. The fourth-order valence-corrected chi connectivity index (χ4v) is 2.18. The Labute approximate surface area is 84.2 Å². The smallest absolute Gasteiger partial charge is 0.225 e. The van der Waals surface area contributed by atoms with Gasteiger partial charge >= 0.3 is 0 Å². The van der Waals surface area contributed by atoms with Crippen LogP contribution in [0, 0.1) is 5.92 Å². The average Bonchev–Trinajstić information content (AvgIpc) is 2.02. The molecule has 0 radical (unpaired) electrons. The number of alkyl halides is 1. The van der Waals surface area contributed by atoms with Crippen LogP contribution in [0.2, 0.25) is 0 Å². The van der Waals surface area contributed by atoms with E-state index in [-0.39, 0.29) is 0 Å². The predicted molar refractivity (Wildman–Crippen MR) is 52.8 cm³/mol. The number of hydrogen-bond donors (Lipinski definition) is 0. The third-order valence-electron chi connectivity index (χ3n) is 3.19. The average molecular weight is 202 g/mol. The van der Waals surface area contributed by atoms with E-state index in [0.29, 0.717) is 17.2 Å². The third-order valence-corrected chi connectivity index (χ3v) is 3.63. The maximum Gasteiger partial charge on any atom is 0.225 e. The molecule has 1 heterocycles. The van der Waals surface area contributed by atoms with E-state index in [4.69, 9.17) is 11.6 Å². The molecule has 0 spiro atoms. The van der Waals surface area contributed by atoms with Crippen molar-refractivity contribution in [1.29, 1.82) is 0 Å². The largest absolute Gasteiger partial charge is 0.342 e. The molecule has 2 nitrogen and oxygen atoms in total. The molecule has 0 atom stereocenters. The van der Waals surface area contributed by atoms with Gasteiger partial charge in [0.15, 0.2) is 0 Å². The Balaban J connectivity index is 1.83. The summed E-state index contributed by atoms with van der Waals surface area (Å²) >= 11 is 5.98. The molecule has 2 fully saturated rings. The molecule has 2 aliphatic rings. The summed E-state index contributed by atoms with van der Waals surface area (Å²) in [5.74, 6) is 0.738. The summed E-state index contributed by atoms with van der Waals surface area (Å²) < 4.78 is 0. The van der Waals surface area contributed by atoms with Gasteiger partial charge in [-0.3, -0.25) is 4.79 Å². The Morgan fingerprint density at radius 1 is 1.15 bits per heavy atom. The van der Waals surface area contributed by atoms with Gasteiger partial charge in [0.25, 0.3) is 0 Å². The van der Waals surface area contributed by atoms with Gasteiger partial charge < -0.3 is 4.90 Å². The topological polar surface area (TPSA) is 20.3 Å². The zero-order valence-electron chi connectivity index (χ0n) is 7.84. The van der Waals surface area contributed by atoms with E-state index >= 15 is 0 Å². The van der Waals surface area contributed by atoms with E-state index in [2.05, 4.69) is 0 Å². The first-order valence-corrected chi connectivity index (χ1v) is 5.64. The second kappa shape index (κ2) is 3.87. The molecule has 1 aliphatic carbocycles. The van der Waals surface area contributed by atoms with Gasteiger partial charge in [-0.15, -0.1) is 11.6 Å². The fourth-order valence-electron chi connectivity index (χ4n) is 1.98. The first-order valence-electron chi connectivity index (χ1n) is 5.20. The molecule has 13 heavy (non-hydrogen) atoms. The van der Waals surface area contributed by atoms with Crippen LogP contribution in [0.4, 0.5) is 0 Å². The molecule has 1 saturated carbocycles. The summed E-state index contributed by atoms with van der Waals surface area (Å²) in [6.45, 7) is 1.76. The van der Waals surface area contributed by atoms with Crippen LogP contribution in [-0.4, -0.2) is 29.3 Å². The van der Waals surface area contributed by atoms with Crippen molar-refractivity contribution in [2.45, 2.75) is 37.5 Å². The number of hydrogen-bond acceptors (Lipinski definition) is 1. The van der Waals surface area contributed by atoms with Crippen LogP contribution in [0.15, 0.2) is 0 Å². The molecule has 0 N–H and O–H groups in total. The number of carbonyl (C=O) groups excluding carboxylic acids is 1. The maximum atomic E-state index is 11.8. The summed E-state index contributed by atoms with van der Waals surface area (Å²) in [4.78, 5) is 13.8. The van der Waals surface area contributed by atoms with E-state index in [9.17, 15) is 4.79 Å². The zero-order chi connectivity index (χ0) is 9.26. The standard InChI is InChI=1S/C10H16ClNO/c11-9-4-6-12(7-5-9)10(13)8-2-1-3-8/h8-9H,1-7H2. The first kappa shape index (κ1) is 9.32. The van der Waals surface area contributed by atoms with Gasteiger partial charge in [-0.25, -0.2) is 0 Å². The highest BCUT2D eigenvalue weighted by Gasteiger charge is 2.31. The fraction of sp³-hybridized carbons (Fsp3) is 0.900. The predicted octanol–water partition coefficient (Wildman–Crippen LogP) is 2.02. The van der Waals surface area contributed by atoms with Crippen molar-refractivity contribution >= 4 is 17.5 Å². The van der Waals surface area contributed by atoms with Gasteiger partial charge in [-0.05, 0) is 25.7 Å². The van der Waals surface area contributed by atoms with Crippen molar-refractivity contribution in [2.24, 2.45) is 5.92 Å². The lowest BCUT2D eigenvalue weighted by Crippen LogP contribution is -2.43. The Kier molecular flexibility index (Phi) is 2.77. The number of piperidine rings is 1. The van der Waals surface area contributed by atoms with E-state index < -0.39 is 0 Å². The molecule has 1 aliphatic heterocycles. The van der Waals surface area contributed by atoms with E-state index in [1.54, 1.807) is 0 Å². The molecule has 0 bridgehead atoms. The minimum Gasteiger partial charge on any atom is -0.342 e. The summed E-state index contributed by atoms with van der Waals surface area (Å²) in [5.41, 5.74) is 0. The highest BCUT2D eigenvalue weighted by Crippen LogP contribution is 2.29. The molecule has 0 aromatic carbocycles. The van der Waals surface area contributed by atoms with E-state index in [1.807, 2.05) is 4.90 Å². The van der Waals surface area contributed by atoms with Crippen LogP contribution in [0.25, 0.3) is 0 Å². The molecule has 1 amide bonds. The number of nitrogens with zero attached hydrogens (tertiary/aromatic N) is 1. The van der Waals surface area contributed by atoms with Crippen molar-refractivity contribution in [1.82, 2.24) is 4.90 Å². The molecule has 3 heteroatoms. The number of rotatable bonds is 1. The molecule has 0 aromatic rings. The Hall–Kier alpha value is -0.240. The maximum absolute atomic E-state index is 11.8. The number of carbonyl (C=O) groups is 1. The third kappa shape index (κ3) is 1.98. The molecule has 1 saturated heterocycles. The van der Waals surface area contributed by atoms with Gasteiger partial charge in [0.1, 0.15) is 0 Å². The molecular weight excluding hydrogens is 186 g/mol. The van der Waals surface area contributed by atoms with Crippen LogP contribution in [0.3, 0.4) is 0 Å². The Bertz CT molecular complexity index is 195. The van der Waals surface area contributed by atoms with Gasteiger partial charge in [-0.1, -0.05) is 6.42 Å². The molecule has 74 valence electrons. The van der Waals surface area contributed by atoms with Gasteiger partial charge in [0.05, 0.1) is 0 Å². The lowest BCUT2D eigenvalue weighted by Gasteiger charge is -2.35. The number of halogens is 1. The SMILES string of the molecule is O=C(C1CCC1)N1CCC(Cl)CC1. The molecule has 0 unspecified atom stereocenters. The van der Waals surface area contributed by atoms with Gasteiger partial charge in [0, 0.05) is 24.4 Å². The second-order valence-corrected chi connectivity index (χ2v) is 4.74. The van der Waals surface area contributed by atoms with E-state index in [0.717, 1.165) is 38.8 Å². The van der Waals surface area contributed by atoms with Gasteiger partial charge in [0.2, 0.25) is 5.91 Å². The summed E-state index contributed by atoms with van der Waals surface area (Å²) in [7, 11) is 0. The molecule has 2 rings (SSSR count). The minimum atomic E-state index is 0.297. The normalized spacial score (nSPS) is 25.8. The summed E-state index contributed by atoms with van der Waals surface area (Å²) in [6.07, 6.45) is 5.40. The van der Waals surface area contributed by atoms with Crippen LogP contribution in [0.5, 0.6) is 0 Å². The molecular formula is C10H16ClNO. The Morgan fingerprint density at radius 3 is 2.23 bits per heavy atom. The number of amides is 1. The Morgan fingerprint density at radius 2 is 1.77 bits per heavy atom. The number of likely N-dealkylation sites (tertiary alicyclic amines) is 1. The second-order valence-electron chi connectivity index (χ2n) is 4.13. The van der Waals surface area contributed by atoms with Crippen molar-refractivity contribution in [3.63, 3.8) is 0 Å². The van der Waals surface area contributed by atoms with Crippen molar-refractivity contribution in [3.8, 4) is 0 Å². The minimum absolute atomic E-state index is 0.297.